The Morgan fingerprint density at radius 2 is 1.84 bits per heavy atom. The lowest BCUT2D eigenvalue weighted by Crippen LogP contribution is -2.49. The first-order chi connectivity index (χ1) is 15.5. The highest BCUT2D eigenvalue weighted by Crippen LogP contribution is 2.27. The van der Waals surface area contributed by atoms with E-state index in [-0.39, 0.29) is 18.9 Å². The van der Waals surface area contributed by atoms with Crippen molar-refractivity contribution < 1.29 is 18.4 Å². The molecule has 2 amide bonds. The highest BCUT2D eigenvalue weighted by Gasteiger charge is 2.43. The summed E-state index contributed by atoms with van der Waals surface area (Å²) >= 11 is 5.61. The number of imide groups is 1. The lowest BCUT2D eigenvalue weighted by molar-refractivity contribution is -0.122. The van der Waals surface area contributed by atoms with E-state index in [2.05, 4.69) is 5.32 Å². The molecule has 1 fully saturated rings. The molecule has 1 saturated heterocycles. The minimum absolute atomic E-state index is 0.0303. The van der Waals surface area contributed by atoms with E-state index < -0.39 is 17.8 Å². The number of nitrogens with one attached hydrogen (secondary N) is 1. The van der Waals surface area contributed by atoms with Gasteiger partial charge in [0.15, 0.2) is 5.11 Å². The van der Waals surface area contributed by atoms with Crippen LogP contribution in [-0.4, -0.2) is 34.4 Å². The largest absolute Gasteiger partial charge is 0.467 e. The van der Waals surface area contributed by atoms with Gasteiger partial charge in [0.25, 0.3) is 5.91 Å². The molecule has 1 N–H and O–H groups in total. The molecule has 2 aromatic carbocycles. The van der Waals surface area contributed by atoms with Crippen LogP contribution in [0.4, 0.5) is 10.1 Å². The predicted octanol–water partition coefficient (Wildman–Crippen LogP) is 3.67. The van der Waals surface area contributed by atoms with Gasteiger partial charge < -0.3 is 14.6 Å². The van der Waals surface area contributed by atoms with E-state index in [4.69, 9.17) is 16.6 Å². The number of carbonyl (C=O) groups excluding carboxylic acids is 2. The number of amides is 2. The summed E-state index contributed by atoms with van der Waals surface area (Å²) in [5.74, 6) is -0.575. The van der Waals surface area contributed by atoms with Crippen LogP contribution in [0.5, 0.6) is 0 Å². The number of halogens is 1. The second-order valence-electron chi connectivity index (χ2n) is 7.44. The van der Waals surface area contributed by atoms with Gasteiger partial charge in [-0.3, -0.25) is 9.59 Å². The highest BCUT2D eigenvalue weighted by atomic mass is 32.1. The highest BCUT2D eigenvalue weighted by molar-refractivity contribution is 7.80. The zero-order chi connectivity index (χ0) is 22.5. The number of thiocarbonyl (C=S) groups is 1. The van der Waals surface area contributed by atoms with Crippen molar-refractivity contribution in [1.29, 1.82) is 0 Å². The molecular formula is C24H22FN3O3S. The van der Waals surface area contributed by atoms with Crippen LogP contribution in [0.25, 0.3) is 0 Å². The van der Waals surface area contributed by atoms with Crippen molar-refractivity contribution in [1.82, 2.24) is 10.2 Å². The average Bonchev–Trinajstić information content (AvgIpc) is 3.41. The lowest BCUT2D eigenvalue weighted by atomic mass is 10.1. The van der Waals surface area contributed by atoms with E-state index in [1.165, 1.54) is 24.3 Å². The van der Waals surface area contributed by atoms with Crippen LogP contribution in [0, 0.1) is 5.82 Å². The van der Waals surface area contributed by atoms with Crippen LogP contribution >= 0.6 is 12.2 Å². The third kappa shape index (κ3) is 4.86. The fraction of sp³-hybridized carbons (Fsp3) is 0.208. The van der Waals surface area contributed by atoms with Gasteiger partial charge in [-0.25, -0.2) is 9.29 Å². The molecule has 8 heteroatoms. The second-order valence-corrected chi connectivity index (χ2v) is 7.83. The number of carbonyl (C=O) groups is 2. The molecule has 0 bridgehead atoms. The summed E-state index contributed by atoms with van der Waals surface area (Å²) in [6, 6.07) is 18.0. The number of furan rings is 1. The third-order valence-electron chi connectivity index (χ3n) is 5.28. The summed E-state index contributed by atoms with van der Waals surface area (Å²) < 4.78 is 18.8. The van der Waals surface area contributed by atoms with Crippen LogP contribution < -0.4 is 10.2 Å². The van der Waals surface area contributed by atoms with Gasteiger partial charge in [0.1, 0.15) is 17.6 Å². The Labute approximate surface area is 190 Å². The normalized spacial score (nSPS) is 15.8. The van der Waals surface area contributed by atoms with Crippen molar-refractivity contribution in [3.05, 3.63) is 90.1 Å². The van der Waals surface area contributed by atoms with Crippen LogP contribution in [0.3, 0.4) is 0 Å². The molecule has 0 saturated carbocycles. The topological polar surface area (TPSA) is 65.8 Å². The number of hydrogen-bond donors (Lipinski definition) is 1. The van der Waals surface area contributed by atoms with Crippen molar-refractivity contribution >= 4 is 34.8 Å². The Morgan fingerprint density at radius 3 is 2.53 bits per heavy atom. The SMILES string of the molecule is O=C1CC(N(Cc2ccco2)C(=S)NCCc2ccccc2)C(=O)N1c1ccc(F)cc1. The molecule has 0 aliphatic carbocycles. The Balaban J connectivity index is 1.50. The molecule has 1 atom stereocenters. The number of hydrogen-bond acceptors (Lipinski definition) is 4. The monoisotopic (exact) mass is 451 g/mol. The molecule has 32 heavy (non-hydrogen) atoms. The van der Waals surface area contributed by atoms with E-state index in [0.717, 1.165) is 16.9 Å². The molecule has 1 unspecified atom stereocenters. The Bertz CT molecular complexity index is 1090. The van der Waals surface area contributed by atoms with E-state index in [0.29, 0.717) is 23.1 Å². The fourth-order valence-electron chi connectivity index (χ4n) is 3.67. The molecule has 3 aromatic rings. The third-order valence-corrected chi connectivity index (χ3v) is 5.66. The van der Waals surface area contributed by atoms with Crippen molar-refractivity contribution in [3.8, 4) is 0 Å². The van der Waals surface area contributed by atoms with Gasteiger partial charge in [-0.15, -0.1) is 0 Å². The van der Waals surface area contributed by atoms with Gasteiger partial charge in [0.2, 0.25) is 5.91 Å². The quantitative estimate of drug-likeness (QED) is 0.437. The zero-order valence-corrected chi connectivity index (χ0v) is 18.1. The first-order valence-electron chi connectivity index (χ1n) is 10.3. The fourth-order valence-corrected chi connectivity index (χ4v) is 3.97. The van der Waals surface area contributed by atoms with Gasteiger partial charge in [0, 0.05) is 6.54 Å². The molecule has 4 rings (SSSR count). The summed E-state index contributed by atoms with van der Waals surface area (Å²) in [6.07, 6.45) is 2.28. The van der Waals surface area contributed by atoms with Crippen molar-refractivity contribution in [3.63, 3.8) is 0 Å². The summed E-state index contributed by atoms with van der Waals surface area (Å²) in [6.45, 7) is 0.819. The number of anilines is 1. The van der Waals surface area contributed by atoms with Crippen LogP contribution in [0.1, 0.15) is 17.7 Å². The Kier molecular flexibility index (Phi) is 6.61. The second kappa shape index (κ2) is 9.74. The van der Waals surface area contributed by atoms with Crippen LogP contribution in [-0.2, 0) is 22.6 Å². The van der Waals surface area contributed by atoms with Crippen molar-refractivity contribution in [2.24, 2.45) is 0 Å². The molecule has 0 spiro atoms. The maximum absolute atomic E-state index is 13.3. The van der Waals surface area contributed by atoms with E-state index in [1.807, 2.05) is 30.3 Å². The maximum Gasteiger partial charge on any atom is 0.257 e. The van der Waals surface area contributed by atoms with Gasteiger partial charge in [-0.2, -0.15) is 0 Å². The summed E-state index contributed by atoms with van der Waals surface area (Å²) in [5.41, 5.74) is 1.50. The molecule has 1 aliphatic heterocycles. The van der Waals surface area contributed by atoms with Crippen molar-refractivity contribution in [2.45, 2.75) is 25.4 Å². The zero-order valence-electron chi connectivity index (χ0n) is 17.2. The van der Waals surface area contributed by atoms with Gasteiger partial charge in [0.05, 0.1) is 24.9 Å². The van der Waals surface area contributed by atoms with Crippen LogP contribution in [0.15, 0.2) is 77.4 Å². The standard InChI is InChI=1S/C24H22FN3O3S/c25-18-8-10-19(11-9-18)28-22(29)15-21(23(28)30)27(16-20-7-4-14-31-20)24(32)26-13-12-17-5-2-1-3-6-17/h1-11,14,21H,12-13,15-16H2,(H,26,32). The molecule has 2 heterocycles. The predicted molar refractivity (Wildman–Crippen MR) is 122 cm³/mol. The minimum atomic E-state index is -0.783. The summed E-state index contributed by atoms with van der Waals surface area (Å²) in [4.78, 5) is 28.7. The lowest BCUT2D eigenvalue weighted by Gasteiger charge is -2.29. The Morgan fingerprint density at radius 1 is 1.09 bits per heavy atom. The van der Waals surface area contributed by atoms with Crippen LogP contribution in [0.2, 0.25) is 0 Å². The van der Waals surface area contributed by atoms with Gasteiger partial charge in [-0.05, 0) is 60.6 Å². The first-order valence-corrected chi connectivity index (χ1v) is 10.7. The summed E-state index contributed by atoms with van der Waals surface area (Å²) in [5, 5.41) is 3.57. The number of benzene rings is 2. The summed E-state index contributed by atoms with van der Waals surface area (Å²) in [7, 11) is 0. The van der Waals surface area contributed by atoms with Gasteiger partial charge in [-0.1, -0.05) is 30.3 Å². The molecule has 1 aromatic heterocycles. The number of rotatable bonds is 7. The van der Waals surface area contributed by atoms with Crippen molar-refractivity contribution in [2.75, 3.05) is 11.4 Å². The Hall–Kier alpha value is -3.52. The van der Waals surface area contributed by atoms with E-state index in [9.17, 15) is 14.0 Å². The molecular weight excluding hydrogens is 429 g/mol. The smallest absolute Gasteiger partial charge is 0.257 e. The molecule has 0 radical (unpaired) electrons. The molecule has 1 aliphatic rings. The van der Waals surface area contributed by atoms with E-state index >= 15 is 0 Å². The van der Waals surface area contributed by atoms with Gasteiger partial charge >= 0.3 is 0 Å². The molecule has 6 nitrogen and oxygen atoms in total. The number of nitrogens with zero attached hydrogens (tertiary/aromatic N) is 2. The maximum atomic E-state index is 13.3. The molecule has 164 valence electrons. The van der Waals surface area contributed by atoms with E-state index in [1.54, 1.807) is 23.3 Å². The minimum Gasteiger partial charge on any atom is -0.467 e. The first kappa shape index (κ1) is 21.7. The average molecular weight is 452 g/mol.